The van der Waals surface area contributed by atoms with Gasteiger partial charge < -0.3 is 10.4 Å². The molecule has 0 saturated heterocycles. The van der Waals surface area contributed by atoms with E-state index in [1.54, 1.807) is 0 Å². The Balaban J connectivity index is 2.50. The molecule has 0 saturated carbocycles. The second-order valence-corrected chi connectivity index (χ2v) is 7.61. The number of carbonyl (C=O) groups is 1. The predicted octanol–water partition coefficient (Wildman–Crippen LogP) is 3.35. The molecule has 1 rings (SSSR count). The number of aliphatic hydroxyl groups excluding tert-OH is 1. The van der Waals surface area contributed by atoms with E-state index in [4.69, 9.17) is 5.11 Å². The van der Waals surface area contributed by atoms with Crippen LogP contribution >= 0.6 is 27.3 Å². The third-order valence-corrected chi connectivity index (χ3v) is 4.96. The topological polar surface area (TPSA) is 49.3 Å². The highest BCUT2D eigenvalue weighted by Crippen LogP contribution is 2.27. The van der Waals surface area contributed by atoms with E-state index in [2.05, 4.69) is 35.1 Å². The quantitative estimate of drug-likeness (QED) is 0.838. The van der Waals surface area contributed by atoms with Gasteiger partial charge in [-0.2, -0.15) is 0 Å². The van der Waals surface area contributed by atoms with E-state index < -0.39 is 0 Å². The molecule has 5 heteroatoms. The van der Waals surface area contributed by atoms with E-state index in [0.29, 0.717) is 6.54 Å². The number of aliphatic hydroxyl groups is 1. The van der Waals surface area contributed by atoms with Crippen molar-refractivity contribution in [1.29, 1.82) is 0 Å². The molecule has 3 nitrogen and oxygen atoms in total. The van der Waals surface area contributed by atoms with Crippen molar-refractivity contribution in [2.75, 3.05) is 13.2 Å². The predicted molar refractivity (Wildman–Crippen MR) is 79.2 cm³/mol. The number of halogens is 1. The second-order valence-electron chi connectivity index (χ2n) is 5.24. The monoisotopic (exact) mass is 333 g/mol. The van der Waals surface area contributed by atoms with Crippen LogP contribution in [0.15, 0.2) is 9.85 Å². The molecule has 1 aromatic rings. The van der Waals surface area contributed by atoms with Gasteiger partial charge in [-0.1, -0.05) is 13.8 Å². The van der Waals surface area contributed by atoms with Crippen LogP contribution in [0.4, 0.5) is 0 Å². The van der Waals surface area contributed by atoms with E-state index >= 15 is 0 Å². The molecule has 18 heavy (non-hydrogen) atoms. The number of hydrogen-bond donors (Lipinski definition) is 2. The molecule has 0 bridgehead atoms. The lowest BCUT2D eigenvalue weighted by Gasteiger charge is -2.24. The lowest BCUT2D eigenvalue weighted by molar-refractivity contribution is 0.0937. The van der Waals surface area contributed by atoms with Gasteiger partial charge in [0.05, 0.1) is 8.66 Å². The first kappa shape index (κ1) is 15.7. The lowest BCUT2D eigenvalue weighted by Crippen LogP contribution is -2.33. The molecule has 2 N–H and O–H groups in total. The Morgan fingerprint density at radius 2 is 2.22 bits per heavy atom. The van der Waals surface area contributed by atoms with Crippen LogP contribution in [0.5, 0.6) is 0 Å². The summed E-state index contributed by atoms with van der Waals surface area (Å²) in [6, 6.07) is 1.89. The van der Waals surface area contributed by atoms with E-state index in [-0.39, 0.29) is 17.9 Å². The zero-order valence-electron chi connectivity index (χ0n) is 11.0. The molecule has 0 unspecified atom stereocenters. The van der Waals surface area contributed by atoms with Crippen LogP contribution in [0.25, 0.3) is 0 Å². The normalized spacial score (nSPS) is 11.6. The average molecular weight is 334 g/mol. The van der Waals surface area contributed by atoms with E-state index in [1.807, 2.05) is 13.0 Å². The maximum atomic E-state index is 12.0. The van der Waals surface area contributed by atoms with Crippen molar-refractivity contribution in [3.05, 3.63) is 20.3 Å². The molecule has 0 aliphatic carbocycles. The van der Waals surface area contributed by atoms with Gasteiger partial charge in [0.1, 0.15) is 0 Å². The fourth-order valence-corrected chi connectivity index (χ4v) is 3.08. The van der Waals surface area contributed by atoms with Crippen LogP contribution in [-0.2, 0) is 0 Å². The summed E-state index contributed by atoms with van der Waals surface area (Å²) in [6.45, 7) is 6.99. The number of rotatable bonds is 6. The highest BCUT2D eigenvalue weighted by atomic mass is 79.9. The highest BCUT2D eigenvalue weighted by Gasteiger charge is 2.19. The number of hydrogen-bond acceptors (Lipinski definition) is 3. The highest BCUT2D eigenvalue weighted by molar-refractivity contribution is 9.11. The molecule has 0 spiro atoms. The number of nitrogens with one attached hydrogen (secondary N) is 1. The summed E-state index contributed by atoms with van der Waals surface area (Å²) in [6.07, 6.45) is 1.67. The number of aryl methyl sites for hydroxylation is 1. The molecule has 0 atom stereocenters. The third-order valence-electron chi connectivity index (χ3n) is 2.82. The maximum absolute atomic E-state index is 12.0. The third kappa shape index (κ3) is 4.71. The van der Waals surface area contributed by atoms with Crippen molar-refractivity contribution in [1.82, 2.24) is 5.32 Å². The van der Waals surface area contributed by atoms with Crippen molar-refractivity contribution in [2.45, 2.75) is 33.6 Å². The first-order valence-corrected chi connectivity index (χ1v) is 7.62. The summed E-state index contributed by atoms with van der Waals surface area (Å²) in [5, 5.41) is 11.8. The summed E-state index contributed by atoms with van der Waals surface area (Å²) >= 11 is 4.88. The summed E-state index contributed by atoms with van der Waals surface area (Å²) < 4.78 is 1.01. The summed E-state index contributed by atoms with van der Waals surface area (Å²) in [5.74, 6) is -0.0223. The minimum atomic E-state index is -0.0223. The molecule has 1 heterocycles. The molecule has 1 amide bonds. The van der Waals surface area contributed by atoms with Gasteiger partial charge in [0, 0.05) is 13.2 Å². The van der Waals surface area contributed by atoms with Crippen molar-refractivity contribution in [3.63, 3.8) is 0 Å². The van der Waals surface area contributed by atoms with Gasteiger partial charge in [0.2, 0.25) is 0 Å². The average Bonchev–Trinajstić information content (AvgIpc) is 2.64. The first-order valence-electron chi connectivity index (χ1n) is 6.01. The van der Waals surface area contributed by atoms with Crippen molar-refractivity contribution in [2.24, 2.45) is 5.41 Å². The minimum Gasteiger partial charge on any atom is -0.396 e. The SMILES string of the molecule is Cc1cc(C(=O)NCC(C)(C)CCCO)sc1Br. The van der Waals surface area contributed by atoms with Crippen LogP contribution in [-0.4, -0.2) is 24.2 Å². The first-order chi connectivity index (χ1) is 8.35. The fraction of sp³-hybridized carbons (Fsp3) is 0.615. The number of thiophene rings is 1. The summed E-state index contributed by atoms with van der Waals surface area (Å²) in [7, 11) is 0. The van der Waals surface area contributed by atoms with Crippen LogP contribution in [0.1, 0.15) is 41.9 Å². The maximum Gasteiger partial charge on any atom is 0.261 e. The van der Waals surface area contributed by atoms with E-state index in [9.17, 15) is 4.79 Å². The Morgan fingerprint density at radius 3 is 2.72 bits per heavy atom. The zero-order chi connectivity index (χ0) is 13.8. The summed E-state index contributed by atoms with van der Waals surface area (Å²) in [4.78, 5) is 12.7. The number of amides is 1. The molecule has 0 aliphatic rings. The number of carbonyl (C=O) groups excluding carboxylic acids is 1. The fourth-order valence-electron chi connectivity index (χ4n) is 1.62. The van der Waals surface area contributed by atoms with Crippen LogP contribution in [0.3, 0.4) is 0 Å². The second kappa shape index (κ2) is 6.68. The minimum absolute atomic E-state index is 0.0158. The Hall–Kier alpha value is -0.390. The Labute approximate surface area is 121 Å². The van der Waals surface area contributed by atoms with Gasteiger partial charge in [-0.05, 0) is 52.7 Å². The van der Waals surface area contributed by atoms with Gasteiger partial charge in [-0.15, -0.1) is 11.3 Å². The van der Waals surface area contributed by atoms with E-state index in [0.717, 1.165) is 27.1 Å². The van der Waals surface area contributed by atoms with Gasteiger partial charge in [-0.3, -0.25) is 4.79 Å². The molecule has 0 aromatic carbocycles. The molecule has 0 fully saturated rings. The smallest absolute Gasteiger partial charge is 0.261 e. The standard InChI is InChI=1S/C13H20BrNO2S/c1-9-7-10(18-11(9)14)12(17)15-8-13(2,3)5-4-6-16/h7,16H,4-6,8H2,1-3H3,(H,15,17). The van der Waals surface area contributed by atoms with Gasteiger partial charge in [0.15, 0.2) is 0 Å². The van der Waals surface area contributed by atoms with Crippen molar-refractivity contribution >= 4 is 33.2 Å². The van der Waals surface area contributed by atoms with Crippen molar-refractivity contribution < 1.29 is 9.90 Å². The Bertz CT molecular complexity index is 396. The van der Waals surface area contributed by atoms with Gasteiger partial charge >= 0.3 is 0 Å². The largest absolute Gasteiger partial charge is 0.396 e. The molecule has 0 aliphatic heterocycles. The molecule has 1 aromatic heterocycles. The van der Waals surface area contributed by atoms with E-state index in [1.165, 1.54) is 11.3 Å². The van der Waals surface area contributed by atoms with Crippen LogP contribution < -0.4 is 5.32 Å². The van der Waals surface area contributed by atoms with Crippen molar-refractivity contribution in [3.8, 4) is 0 Å². The Kier molecular flexibility index (Phi) is 5.82. The van der Waals surface area contributed by atoms with Gasteiger partial charge in [0.25, 0.3) is 5.91 Å². The van der Waals surface area contributed by atoms with Crippen LogP contribution in [0, 0.1) is 12.3 Å². The van der Waals surface area contributed by atoms with Crippen LogP contribution in [0.2, 0.25) is 0 Å². The molecule has 0 radical (unpaired) electrons. The Morgan fingerprint density at radius 1 is 1.56 bits per heavy atom. The summed E-state index contributed by atoms with van der Waals surface area (Å²) in [5.41, 5.74) is 1.10. The van der Waals surface area contributed by atoms with Gasteiger partial charge in [-0.25, -0.2) is 0 Å². The molecular weight excluding hydrogens is 314 g/mol. The molecular formula is C13H20BrNO2S. The molecule has 102 valence electrons. The lowest BCUT2D eigenvalue weighted by atomic mass is 9.88. The zero-order valence-corrected chi connectivity index (χ0v) is 13.4.